The van der Waals surface area contributed by atoms with Crippen molar-refractivity contribution < 1.29 is 19.4 Å². The number of cyclic esters (lactones) is 1. The zero-order chi connectivity index (χ0) is 8.01. The quantitative estimate of drug-likeness (QED) is 0.387. The summed E-state index contributed by atoms with van der Waals surface area (Å²) in [4.78, 5) is 10.8. The number of hydrogen-bond donors (Lipinski definition) is 1. The molecular formula is C6H7BrO4. The first-order chi connectivity index (χ1) is 5.24. The molecule has 0 saturated carbocycles. The van der Waals surface area contributed by atoms with E-state index in [1.165, 1.54) is 0 Å². The lowest BCUT2D eigenvalue weighted by molar-refractivity contribution is -0.154. The largest absolute Gasteiger partial charge is 0.455 e. The predicted molar refractivity (Wildman–Crippen MR) is 38.3 cm³/mol. The molecule has 1 N–H and O–H groups in total. The average Bonchev–Trinajstić information content (AvgIpc) is 2.72. The molecule has 0 amide bonds. The Morgan fingerprint density at radius 1 is 1.73 bits per heavy atom. The molecule has 0 aliphatic carbocycles. The highest BCUT2D eigenvalue weighted by molar-refractivity contribution is 9.09. The van der Waals surface area contributed by atoms with Crippen LogP contribution in [-0.2, 0) is 14.3 Å². The zero-order valence-electron chi connectivity index (χ0n) is 5.57. The molecule has 0 aromatic carbocycles. The van der Waals surface area contributed by atoms with Gasteiger partial charge in [-0.15, -0.1) is 0 Å². The van der Waals surface area contributed by atoms with Crippen LogP contribution in [0.3, 0.4) is 0 Å². The van der Waals surface area contributed by atoms with Crippen LogP contribution in [-0.4, -0.2) is 40.8 Å². The van der Waals surface area contributed by atoms with E-state index in [4.69, 9.17) is 9.47 Å². The normalized spacial score (nSPS) is 43.1. The number of aliphatic hydroxyl groups is 1. The molecule has 4 nitrogen and oxygen atoms in total. The van der Waals surface area contributed by atoms with Crippen LogP contribution in [0.1, 0.15) is 0 Å². The summed E-state index contributed by atoms with van der Waals surface area (Å²) < 4.78 is 9.78. The van der Waals surface area contributed by atoms with E-state index >= 15 is 0 Å². The Kier molecular flexibility index (Phi) is 1.66. The minimum atomic E-state index is -0.656. The summed E-state index contributed by atoms with van der Waals surface area (Å²) in [5, 5.41) is 9.67. The number of halogens is 1. The molecule has 0 bridgehead atoms. The van der Waals surface area contributed by atoms with Crippen molar-refractivity contribution in [2.45, 2.75) is 24.4 Å². The van der Waals surface area contributed by atoms with Gasteiger partial charge in [0.25, 0.3) is 0 Å². The van der Waals surface area contributed by atoms with Gasteiger partial charge < -0.3 is 14.6 Å². The third kappa shape index (κ3) is 1.07. The predicted octanol–water partition coefficient (Wildman–Crippen LogP) is -0.565. The highest BCUT2D eigenvalue weighted by Crippen LogP contribution is 2.36. The summed E-state index contributed by atoms with van der Waals surface area (Å²) >= 11 is 3.09. The fraction of sp³-hybridized carbons (Fsp3) is 0.833. The number of hydrogen-bond acceptors (Lipinski definition) is 4. The van der Waals surface area contributed by atoms with Crippen molar-refractivity contribution in [1.29, 1.82) is 0 Å². The van der Waals surface area contributed by atoms with Crippen LogP contribution < -0.4 is 0 Å². The number of epoxide rings is 1. The minimum Gasteiger partial charge on any atom is -0.455 e. The van der Waals surface area contributed by atoms with Crippen LogP contribution >= 0.6 is 15.9 Å². The van der Waals surface area contributed by atoms with E-state index in [0.717, 1.165) is 0 Å². The first-order valence-corrected chi connectivity index (χ1v) is 4.46. The number of alkyl halides is 1. The molecule has 2 heterocycles. The first kappa shape index (κ1) is 7.52. The first-order valence-electron chi connectivity index (χ1n) is 3.34. The van der Waals surface area contributed by atoms with Gasteiger partial charge in [-0.2, -0.15) is 0 Å². The fourth-order valence-corrected chi connectivity index (χ4v) is 1.59. The van der Waals surface area contributed by atoms with E-state index < -0.39 is 18.3 Å². The second kappa shape index (κ2) is 2.43. The van der Waals surface area contributed by atoms with E-state index in [9.17, 15) is 9.90 Å². The van der Waals surface area contributed by atoms with E-state index in [-0.39, 0.29) is 12.1 Å². The molecule has 5 heteroatoms. The molecule has 11 heavy (non-hydrogen) atoms. The molecule has 0 radical (unpaired) electrons. The summed E-state index contributed by atoms with van der Waals surface area (Å²) in [6.07, 6.45) is -1.72. The van der Waals surface area contributed by atoms with Gasteiger partial charge in [0.05, 0.1) is 0 Å². The van der Waals surface area contributed by atoms with E-state index in [1.54, 1.807) is 0 Å². The Bertz CT molecular complexity index is 195. The number of fused-ring (bicyclic) bond motifs is 1. The lowest BCUT2D eigenvalue weighted by atomic mass is 10.1. The van der Waals surface area contributed by atoms with Crippen molar-refractivity contribution in [3.05, 3.63) is 0 Å². The van der Waals surface area contributed by atoms with Gasteiger partial charge in [0.1, 0.15) is 12.2 Å². The highest BCUT2D eigenvalue weighted by atomic mass is 79.9. The summed E-state index contributed by atoms with van der Waals surface area (Å²) in [7, 11) is 0. The smallest absolute Gasteiger partial charge is 0.338 e. The van der Waals surface area contributed by atoms with Gasteiger partial charge in [-0.25, -0.2) is 4.79 Å². The number of aliphatic hydroxyl groups excluding tert-OH is 1. The van der Waals surface area contributed by atoms with Crippen LogP contribution in [0.5, 0.6) is 0 Å². The lowest BCUT2D eigenvalue weighted by Crippen LogP contribution is -2.32. The zero-order valence-corrected chi connectivity index (χ0v) is 7.15. The molecular weight excluding hydrogens is 216 g/mol. The topological polar surface area (TPSA) is 59.1 Å². The molecule has 2 fully saturated rings. The van der Waals surface area contributed by atoms with E-state index in [0.29, 0.717) is 5.33 Å². The molecule has 2 rings (SSSR count). The summed E-state index contributed by atoms with van der Waals surface area (Å²) in [5.41, 5.74) is 0. The maximum atomic E-state index is 10.8. The average molecular weight is 223 g/mol. The van der Waals surface area contributed by atoms with Crippen LogP contribution in [0.2, 0.25) is 0 Å². The Labute approximate surface area is 71.6 Å². The van der Waals surface area contributed by atoms with Crippen LogP contribution in [0, 0.1) is 0 Å². The number of carbonyl (C=O) groups is 1. The van der Waals surface area contributed by atoms with E-state index in [1.807, 2.05) is 0 Å². The number of carbonyl (C=O) groups excluding carboxylic acids is 1. The molecule has 4 atom stereocenters. The summed E-state index contributed by atoms with van der Waals surface area (Å²) in [6, 6.07) is 0. The van der Waals surface area contributed by atoms with Crippen molar-refractivity contribution in [1.82, 2.24) is 0 Å². The minimum absolute atomic E-state index is 0.199. The maximum Gasteiger partial charge on any atom is 0.338 e. The third-order valence-corrected chi connectivity index (χ3v) is 2.53. The van der Waals surface area contributed by atoms with Gasteiger partial charge in [0.15, 0.2) is 12.2 Å². The maximum absolute atomic E-state index is 10.8. The lowest BCUT2D eigenvalue weighted by Gasteiger charge is -2.15. The molecule has 2 saturated heterocycles. The Morgan fingerprint density at radius 3 is 2.82 bits per heavy atom. The van der Waals surface area contributed by atoms with Crippen LogP contribution in [0.25, 0.3) is 0 Å². The van der Waals surface area contributed by atoms with Crippen molar-refractivity contribution in [3.63, 3.8) is 0 Å². The van der Waals surface area contributed by atoms with Crippen molar-refractivity contribution >= 4 is 21.9 Å². The number of ether oxygens (including phenoxy) is 2. The van der Waals surface area contributed by atoms with Crippen molar-refractivity contribution in [2.24, 2.45) is 0 Å². The van der Waals surface area contributed by atoms with Crippen LogP contribution in [0.15, 0.2) is 0 Å². The SMILES string of the molecule is O=C1O[C@H](C(O)CBr)C2OC12. The van der Waals surface area contributed by atoms with Gasteiger partial charge in [-0.05, 0) is 0 Å². The molecule has 62 valence electrons. The Hall–Kier alpha value is -0.130. The van der Waals surface area contributed by atoms with Gasteiger partial charge in [-0.3, -0.25) is 0 Å². The van der Waals surface area contributed by atoms with Gasteiger partial charge >= 0.3 is 5.97 Å². The second-order valence-electron chi connectivity index (χ2n) is 2.64. The molecule has 3 unspecified atom stereocenters. The Morgan fingerprint density at radius 2 is 2.45 bits per heavy atom. The molecule has 0 aromatic heterocycles. The molecule has 0 aromatic rings. The Balaban J connectivity index is 2.01. The third-order valence-electron chi connectivity index (χ3n) is 1.87. The highest BCUT2D eigenvalue weighted by Gasteiger charge is 2.60. The standard InChI is InChI=1S/C6H7BrO4/c7-1-2(8)3-4-5(10-4)6(9)11-3/h2-5,8H,1H2/t2?,3-,4?,5?/m1/s1. The fourth-order valence-electron chi connectivity index (χ4n) is 1.22. The summed E-state index contributed by atoms with van der Waals surface area (Å²) in [6.45, 7) is 0. The van der Waals surface area contributed by atoms with Crippen LogP contribution in [0.4, 0.5) is 0 Å². The molecule has 2 aliphatic rings. The monoisotopic (exact) mass is 222 g/mol. The van der Waals surface area contributed by atoms with Gasteiger partial charge in [-0.1, -0.05) is 15.9 Å². The van der Waals surface area contributed by atoms with Crippen molar-refractivity contribution in [3.8, 4) is 0 Å². The summed E-state index contributed by atoms with van der Waals surface area (Å²) in [5.74, 6) is -0.347. The molecule has 2 aliphatic heterocycles. The van der Waals surface area contributed by atoms with Gasteiger partial charge in [0.2, 0.25) is 0 Å². The molecule has 0 spiro atoms. The van der Waals surface area contributed by atoms with Gasteiger partial charge in [0, 0.05) is 5.33 Å². The van der Waals surface area contributed by atoms with Crippen molar-refractivity contribution in [2.75, 3.05) is 5.33 Å². The second-order valence-corrected chi connectivity index (χ2v) is 3.29. The number of esters is 1. The number of rotatable bonds is 2. The van der Waals surface area contributed by atoms with E-state index in [2.05, 4.69) is 15.9 Å².